The molecule has 1 aromatic rings. The lowest BCUT2D eigenvalue weighted by atomic mass is 10.1. The van der Waals surface area contributed by atoms with Crippen LogP contribution in [0.1, 0.15) is 31.0 Å². The number of fused-ring (bicyclic) bond motifs is 1. The molecule has 5 nitrogen and oxygen atoms in total. The average Bonchev–Trinajstić information content (AvgIpc) is 2.68. The van der Waals surface area contributed by atoms with E-state index in [4.69, 9.17) is 5.53 Å². The van der Waals surface area contributed by atoms with Crippen LogP contribution in [0.2, 0.25) is 0 Å². The molecule has 2 atom stereocenters. The second-order valence-electron chi connectivity index (χ2n) is 4.82. The molecule has 0 unspecified atom stereocenters. The van der Waals surface area contributed by atoms with Crippen molar-refractivity contribution in [3.05, 3.63) is 45.8 Å². The standard InChI is InChI=1S/C13H16N4O/c1-8(2)13(18)15-12-10-6-4-3-5-9(10)7-11(12)16-17-14/h3-6,8,11-12H,7H2,1-2H3,(H,15,18)/t11-,12-/m1/s1. The molecule has 0 saturated heterocycles. The zero-order chi connectivity index (χ0) is 13.1. The SMILES string of the molecule is CC(C)C(=O)N[C@@H]1c2ccccc2C[C@H]1N=[N+]=[N-]. The molecule has 94 valence electrons. The Labute approximate surface area is 106 Å². The molecule has 0 spiro atoms. The summed E-state index contributed by atoms with van der Waals surface area (Å²) in [4.78, 5) is 14.7. The Balaban J connectivity index is 2.28. The lowest BCUT2D eigenvalue weighted by Crippen LogP contribution is -2.35. The summed E-state index contributed by atoms with van der Waals surface area (Å²) < 4.78 is 0. The fraction of sp³-hybridized carbons (Fsp3) is 0.462. The number of rotatable bonds is 3. The summed E-state index contributed by atoms with van der Waals surface area (Å²) in [6, 6.07) is 7.46. The first-order chi connectivity index (χ1) is 8.63. The van der Waals surface area contributed by atoms with Crippen LogP contribution in [-0.4, -0.2) is 11.9 Å². The van der Waals surface area contributed by atoms with E-state index in [0.29, 0.717) is 6.42 Å². The van der Waals surface area contributed by atoms with Crippen LogP contribution in [0.4, 0.5) is 0 Å². The summed E-state index contributed by atoms with van der Waals surface area (Å²) >= 11 is 0. The van der Waals surface area contributed by atoms with Gasteiger partial charge in [0.25, 0.3) is 0 Å². The molecule has 1 N–H and O–H groups in total. The molecule has 0 bridgehead atoms. The summed E-state index contributed by atoms with van der Waals surface area (Å²) in [6.45, 7) is 3.69. The van der Waals surface area contributed by atoms with Crippen LogP contribution in [0.25, 0.3) is 10.4 Å². The lowest BCUT2D eigenvalue weighted by Gasteiger charge is -2.19. The zero-order valence-corrected chi connectivity index (χ0v) is 10.5. The minimum atomic E-state index is -0.227. The fourth-order valence-corrected chi connectivity index (χ4v) is 2.24. The van der Waals surface area contributed by atoms with Crippen LogP contribution in [0, 0.1) is 5.92 Å². The van der Waals surface area contributed by atoms with Gasteiger partial charge < -0.3 is 5.32 Å². The summed E-state index contributed by atoms with van der Waals surface area (Å²) in [6.07, 6.45) is 0.684. The molecule has 0 aliphatic heterocycles. The summed E-state index contributed by atoms with van der Waals surface area (Å²) in [5.41, 5.74) is 10.8. The Bertz CT molecular complexity index is 505. The van der Waals surface area contributed by atoms with E-state index in [1.807, 2.05) is 38.1 Å². The van der Waals surface area contributed by atoms with Crippen molar-refractivity contribution in [3.8, 4) is 0 Å². The number of hydrogen-bond acceptors (Lipinski definition) is 2. The van der Waals surface area contributed by atoms with E-state index in [-0.39, 0.29) is 23.9 Å². The molecule has 0 aromatic heterocycles. The van der Waals surface area contributed by atoms with Gasteiger partial charge in [0.2, 0.25) is 5.91 Å². The van der Waals surface area contributed by atoms with Gasteiger partial charge in [0.15, 0.2) is 0 Å². The molecule has 0 saturated carbocycles. The monoisotopic (exact) mass is 244 g/mol. The minimum Gasteiger partial charge on any atom is -0.349 e. The highest BCUT2D eigenvalue weighted by Crippen LogP contribution is 2.33. The Kier molecular flexibility index (Phi) is 3.53. The summed E-state index contributed by atoms with van der Waals surface area (Å²) in [7, 11) is 0. The molecule has 0 fully saturated rings. The maximum absolute atomic E-state index is 11.8. The van der Waals surface area contributed by atoms with E-state index < -0.39 is 0 Å². The van der Waals surface area contributed by atoms with E-state index in [1.165, 1.54) is 0 Å². The predicted molar refractivity (Wildman–Crippen MR) is 68.8 cm³/mol. The van der Waals surface area contributed by atoms with Gasteiger partial charge in [-0.05, 0) is 23.1 Å². The van der Waals surface area contributed by atoms with Crippen molar-refractivity contribution in [2.75, 3.05) is 0 Å². The zero-order valence-electron chi connectivity index (χ0n) is 10.5. The molecule has 2 rings (SSSR count). The van der Waals surface area contributed by atoms with Gasteiger partial charge >= 0.3 is 0 Å². The van der Waals surface area contributed by atoms with Crippen LogP contribution in [0.3, 0.4) is 0 Å². The Morgan fingerprint density at radius 3 is 2.89 bits per heavy atom. The first-order valence-electron chi connectivity index (χ1n) is 6.06. The third kappa shape index (κ3) is 2.31. The third-order valence-corrected chi connectivity index (χ3v) is 3.23. The molecule has 5 heteroatoms. The van der Waals surface area contributed by atoms with Crippen molar-refractivity contribution in [2.24, 2.45) is 11.0 Å². The normalized spacial score (nSPS) is 21.3. The van der Waals surface area contributed by atoms with Gasteiger partial charge in [-0.2, -0.15) is 0 Å². The second-order valence-corrected chi connectivity index (χ2v) is 4.82. The summed E-state index contributed by atoms with van der Waals surface area (Å²) in [5, 5.41) is 6.76. The molecular formula is C13H16N4O. The Morgan fingerprint density at radius 2 is 2.22 bits per heavy atom. The number of azide groups is 1. The molecule has 0 heterocycles. The van der Waals surface area contributed by atoms with Crippen LogP contribution >= 0.6 is 0 Å². The van der Waals surface area contributed by atoms with E-state index in [2.05, 4.69) is 15.3 Å². The molecular weight excluding hydrogens is 228 g/mol. The van der Waals surface area contributed by atoms with Crippen molar-refractivity contribution >= 4 is 5.91 Å². The van der Waals surface area contributed by atoms with Gasteiger partial charge in [-0.15, -0.1) is 0 Å². The quantitative estimate of drug-likeness (QED) is 0.495. The number of carbonyl (C=O) groups excluding carboxylic acids is 1. The topological polar surface area (TPSA) is 77.9 Å². The molecule has 0 radical (unpaired) electrons. The summed E-state index contributed by atoms with van der Waals surface area (Å²) in [5.74, 6) is -0.0979. The van der Waals surface area contributed by atoms with Crippen molar-refractivity contribution in [3.63, 3.8) is 0 Å². The molecule has 1 aliphatic carbocycles. The lowest BCUT2D eigenvalue weighted by molar-refractivity contribution is -0.124. The Hall–Kier alpha value is -2.00. The highest BCUT2D eigenvalue weighted by molar-refractivity contribution is 5.78. The number of amides is 1. The first-order valence-corrected chi connectivity index (χ1v) is 6.06. The predicted octanol–water partition coefficient (Wildman–Crippen LogP) is 2.73. The van der Waals surface area contributed by atoms with Gasteiger partial charge in [0.05, 0.1) is 12.1 Å². The van der Waals surface area contributed by atoms with E-state index in [9.17, 15) is 4.79 Å². The molecule has 1 amide bonds. The molecule has 18 heavy (non-hydrogen) atoms. The molecule has 1 aromatic carbocycles. The van der Waals surface area contributed by atoms with E-state index in [1.54, 1.807) is 0 Å². The van der Waals surface area contributed by atoms with Crippen LogP contribution in [-0.2, 0) is 11.2 Å². The molecule has 1 aliphatic rings. The van der Waals surface area contributed by atoms with Crippen LogP contribution in [0.15, 0.2) is 29.4 Å². The average molecular weight is 244 g/mol. The number of nitrogens with zero attached hydrogens (tertiary/aromatic N) is 3. The van der Waals surface area contributed by atoms with Gasteiger partial charge in [-0.1, -0.05) is 43.2 Å². The van der Waals surface area contributed by atoms with E-state index in [0.717, 1.165) is 11.1 Å². The fourth-order valence-electron chi connectivity index (χ4n) is 2.24. The number of nitrogens with one attached hydrogen (secondary N) is 1. The maximum Gasteiger partial charge on any atom is 0.223 e. The van der Waals surface area contributed by atoms with Crippen molar-refractivity contribution in [2.45, 2.75) is 32.4 Å². The van der Waals surface area contributed by atoms with Gasteiger partial charge in [0.1, 0.15) is 0 Å². The third-order valence-electron chi connectivity index (χ3n) is 3.23. The van der Waals surface area contributed by atoms with Gasteiger partial charge in [-0.25, -0.2) is 0 Å². The van der Waals surface area contributed by atoms with Crippen molar-refractivity contribution in [1.29, 1.82) is 0 Å². The van der Waals surface area contributed by atoms with Crippen molar-refractivity contribution in [1.82, 2.24) is 5.32 Å². The highest BCUT2D eigenvalue weighted by atomic mass is 16.1. The number of benzene rings is 1. The highest BCUT2D eigenvalue weighted by Gasteiger charge is 2.32. The first kappa shape index (κ1) is 12.5. The number of hydrogen-bond donors (Lipinski definition) is 1. The minimum absolute atomic E-state index is 0.0187. The van der Waals surface area contributed by atoms with Gasteiger partial charge in [-0.3, -0.25) is 4.79 Å². The van der Waals surface area contributed by atoms with Gasteiger partial charge in [0, 0.05) is 10.8 Å². The number of carbonyl (C=O) groups is 1. The van der Waals surface area contributed by atoms with E-state index >= 15 is 0 Å². The van der Waals surface area contributed by atoms with Crippen LogP contribution in [0.5, 0.6) is 0 Å². The Morgan fingerprint density at radius 1 is 1.50 bits per heavy atom. The second kappa shape index (κ2) is 5.10. The maximum atomic E-state index is 11.8. The van der Waals surface area contributed by atoms with Crippen LogP contribution < -0.4 is 5.32 Å². The smallest absolute Gasteiger partial charge is 0.223 e. The van der Waals surface area contributed by atoms with Crippen molar-refractivity contribution < 1.29 is 4.79 Å². The largest absolute Gasteiger partial charge is 0.349 e.